The number of nitrogens with two attached hydrogens (primary N) is 1. The Labute approximate surface area is 80.3 Å². The molecule has 0 fully saturated rings. The quantitative estimate of drug-likeness (QED) is 0.795. The molecule has 1 rings (SSSR count). The number of rotatable bonds is 3. The highest BCUT2D eigenvalue weighted by molar-refractivity contribution is 7.91. The fourth-order valence-corrected chi connectivity index (χ4v) is 3.33. The van der Waals surface area contributed by atoms with Gasteiger partial charge in [-0.3, -0.25) is 4.79 Å². The van der Waals surface area contributed by atoms with Crippen LogP contribution in [0.15, 0.2) is 17.5 Å². The first kappa shape index (κ1) is 10.2. The van der Waals surface area contributed by atoms with Crippen molar-refractivity contribution in [1.29, 1.82) is 0 Å². The highest BCUT2D eigenvalue weighted by atomic mass is 32.2. The molecule has 6 heteroatoms. The van der Waals surface area contributed by atoms with E-state index in [1.165, 1.54) is 11.3 Å². The predicted octanol–water partition coefficient (Wildman–Crippen LogP) is 0.319. The smallest absolute Gasteiger partial charge is 0.241 e. The Morgan fingerprint density at radius 3 is 2.54 bits per heavy atom. The lowest BCUT2D eigenvalue weighted by atomic mass is 10.3. The highest BCUT2D eigenvalue weighted by Gasteiger charge is 2.29. The molecule has 0 spiro atoms. The van der Waals surface area contributed by atoms with Crippen molar-refractivity contribution in [3.8, 4) is 0 Å². The van der Waals surface area contributed by atoms with E-state index in [0.29, 0.717) is 4.88 Å². The number of sulfone groups is 1. The lowest BCUT2D eigenvalue weighted by Gasteiger charge is -2.07. The Hall–Kier alpha value is -0.880. The van der Waals surface area contributed by atoms with Crippen LogP contribution >= 0.6 is 11.3 Å². The van der Waals surface area contributed by atoms with Gasteiger partial charge in [-0.25, -0.2) is 8.42 Å². The van der Waals surface area contributed by atoms with E-state index in [1.54, 1.807) is 17.5 Å². The van der Waals surface area contributed by atoms with Crippen LogP contribution in [0.1, 0.15) is 10.1 Å². The zero-order chi connectivity index (χ0) is 10.1. The molecule has 0 saturated carbocycles. The van der Waals surface area contributed by atoms with Crippen molar-refractivity contribution >= 4 is 27.1 Å². The van der Waals surface area contributed by atoms with E-state index >= 15 is 0 Å². The second-order valence-corrected chi connectivity index (χ2v) is 5.74. The van der Waals surface area contributed by atoms with Crippen LogP contribution in [0.4, 0.5) is 0 Å². The average molecular weight is 219 g/mol. The number of thiophene rings is 1. The van der Waals surface area contributed by atoms with Gasteiger partial charge < -0.3 is 5.73 Å². The predicted molar refractivity (Wildman–Crippen MR) is 51.1 cm³/mol. The Bertz CT molecular complexity index is 393. The summed E-state index contributed by atoms with van der Waals surface area (Å²) >= 11 is 1.21. The van der Waals surface area contributed by atoms with Gasteiger partial charge in [0.15, 0.2) is 15.1 Å². The molecule has 0 aliphatic heterocycles. The molecule has 0 aliphatic rings. The normalized spacial score (nSPS) is 13.9. The van der Waals surface area contributed by atoms with Gasteiger partial charge in [0.1, 0.15) is 0 Å². The number of carbonyl (C=O) groups excluding carboxylic acids is 1. The fraction of sp³-hybridized carbons (Fsp3) is 0.286. The third-order valence-corrected chi connectivity index (χ3v) is 3.92. The second-order valence-electron chi connectivity index (χ2n) is 2.63. The van der Waals surface area contributed by atoms with E-state index in [2.05, 4.69) is 0 Å². The van der Waals surface area contributed by atoms with Crippen molar-refractivity contribution in [3.63, 3.8) is 0 Å². The van der Waals surface area contributed by atoms with Crippen LogP contribution < -0.4 is 5.73 Å². The number of amides is 1. The molecule has 0 aromatic carbocycles. The van der Waals surface area contributed by atoms with Gasteiger partial charge >= 0.3 is 0 Å². The van der Waals surface area contributed by atoms with Gasteiger partial charge in [0.05, 0.1) is 0 Å². The summed E-state index contributed by atoms with van der Waals surface area (Å²) in [5.41, 5.74) is 5.00. The standard InChI is InChI=1S/C7H9NO3S2/c1-13(10,11)6(7(8)9)5-3-2-4-12-5/h2-4,6H,1H3,(H2,8,9). The SMILES string of the molecule is CS(=O)(=O)C(C(N)=O)c1cccs1. The summed E-state index contributed by atoms with van der Waals surface area (Å²) in [4.78, 5) is 11.4. The van der Waals surface area contributed by atoms with Crippen LogP contribution in [-0.4, -0.2) is 20.6 Å². The molecule has 1 unspecified atom stereocenters. The van der Waals surface area contributed by atoms with Gasteiger partial charge in [-0.1, -0.05) is 6.07 Å². The Morgan fingerprint density at radius 1 is 1.62 bits per heavy atom. The molecule has 4 nitrogen and oxygen atoms in total. The summed E-state index contributed by atoms with van der Waals surface area (Å²) in [6.07, 6.45) is 1.00. The largest absolute Gasteiger partial charge is 0.368 e. The Balaban J connectivity index is 3.17. The van der Waals surface area contributed by atoms with Crippen LogP contribution in [0.2, 0.25) is 0 Å². The first-order valence-electron chi connectivity index (χ1n) is 3.44. The number of hydrogen-bond acceptors (Lipinski definition) is 4. The maximum atomic E-state index is 11.2. The summed E-state index contributed by atoms with van der Waals surface area (Å²) in [5.74, 6) is -0.829. The first-order chi connectivity index (χ1) is 5.93. The van der Waals surface area contributed by atoms with E-state index in [1.807, 2.05) is 0 Å². The van der Waals surface area contributed by atoms with Gasteiger partial charge in [-0.15, -0.1) is 11.3 Å². The molecular formula is C7H9NO3S2. The van der Waals surface area contributed by atoms with Gasteiger partial charge in [0, 0.05) is 11.1 Å². The Kier molecular flexibility index (Phi) is 2.72. The topological polar surface area (TPSA) is 77.2 Å². The van der Waals surface area contributed by atoms with Crippen molar-refractivity contribution < 1.29 is 13.2 Å². The molecule has 1 heterocycles. The fourth-order valence-electron chi connectivity index (χ4n) is 1.00. The minimum absolute atomic E-state index is 0.468. The van der Waals surface area contributed by atoms with Gasteiger partial charge in [0.25, 0.3) is 0 Å². The van der Waals surface area contributed by atoms with Crippen molar-refractivity contribution in [1.82, 2.24) is 0 Å². The number of carbonyl (C=O) groups is 1. The molecule has 1 aromatic rings. The van der Waals surface area contributed by atoms with Crippen LogP contribution in [-0.2, 0) is 14.6 Å². The maximum Gasteiger partial charge on any atom is 0.241 e. The summed E-state index contributed by atoms with van der Waals surface area (Å²) in [7, 11) is -3.45. The van der Waals surface area contributed by atoms with E-state index in [0.717, 1.165) is 6.26 Å². The minimum Gasteiger partial charge on any atom is -0.368 e. The minimum atomic E-state index is -3.45. The molecule has 1 aromatic heterocycles. The molecule has 2 N–H and O–H groups in total. The zero-order valence-corrected chi connectivity index (χ0v) is 8.56. The van der Waals surface area contributed by atoms with Crippen LogP contribution in [0.3, 0.4) is 0 Å². The van der Waals surface area contributed by atoms with E-state index in [-0.39, 0.29) is 0 Å². The van der Waals surface area contributed by atoms with E-state index in [4.69, 9.17) is 5.73 Å². The maximum absolute atomic E-state index is 11.2. The van der Waals surface area contributed by atoms with Crippen molar-refractivity contribution in [2.45, 2.75) is 5.25 Å². The van der Waals surface area contributed by atoms with Crippen molar-refractivity contribution in [2.24, 2.45) is 5.73 Å². The molecule has 0 saturated heterocycles. The summed E-state index contributed by atoms with van der Waals surface area (Å²) in [5, 5.41) is 0.503. The third kappa shape index (κ3) is 2.28. The molecule has 1 amide bonds. The highest BCUT2D eigenvalue weighted by Crippen LogP contribution is 2.25. The van der Waals surface area contributed by atoms with Crippen LogP contribution in [0.5, 0.6) is 0 Å². The average Bonchev–Trinajstić information content (AvgIpc) is 2.34. The van der Waals surface area contributed by atoms with Crippen molar-refractivity contribution in [2.75, 3.05) is 6.26 Å². The van der Waals surface area contributed by atoms with Crippen molar-refractivity contribution in [3.05, 3.63) is 22.4 Å². The molecule has 1 atom stereocenters. The third-order valence-electron chi connectivity index (χ3n) is 1.49. The summed E-state index contributed by atoms with van der Waals surface area (Å²) in [6, 6.07) is 3.27. The van der Waals surface area contributed by atoms with Gasteiger partial charge in [-0.2, -0.15) is 0 Å². The molecule has 0 aliphatic carbocycles. The molecule has 0 radical (unpaired) electrons. The molecule has 0 bridgehead atoms. The number of hydrogen-bond donors (Lipinski definition) is 1. The monoisotopic (exact) mass is 219 g/mol. The summed E-state index contributed by atoms with van der Waals surface area (Å²) in [6.45, 7) is 0. The lowest BCUT2D eigenvalue weighted by Crippen LogP contribution is -2.26. The second kappa shape index (κ2) is 3.47. The lowest BCUT2D eigenvalue weighted by molar-refractivity contribution is -0.117. The molecular weight excluding hydrogens is 210 g/mol. The van der Waals surface area contributed by atoms with Gasteiger partial charge in [0.2, 0.25) is 5.91 Å². The zero-order valence-electron chi connectivity index (χ0n) is 6.93. The van der Waals surface area contributed by atoms with E-state index in [9.17, 15) is 13.2 Å². The van der Waals surface area contributed by atoms with E-state index < -0.39 is 21.0 Å². The first-order valence-corrected chi connectivity index (χ1v) is 6.28. The summed E-state index contributed by atoms with van der Waals surface area (Å²) < 4.78 is 22.4. The molecule has 72 valence electrons. The Morgan fingerprint density at radius 2 is 2.23 bits per heavy atom. The number of primary amides is 1. The molecule has 13 heavy (non-hydrogen) atoms. The van der Waals surface area contributed by atoms with Crippen LogP contribution in [0.25, 0.3) is 0 Å². The van der Waals surface area contributed by atoms with Gasteiger partial charge in [-0.05, 0) is 11.4 Å². The van der Waals surface area contributed by atoms with Crippen LogP contribution in [0, 0.1) is 0 Å².